The van der Waals surface area contributed by atoms with Crippen LogP contribution in [0.3, 0.4) is 0 Å². The van der Waals surface area contributed by atoms with Gasteiger partial charge in [0, 0.05) is 0 Å². The van der Waals surface area contributed by atoms with Crippen molar-refractivity contribution in [3.8, 4) is 0 Å². The minimum atomic E-state index is 0.0179. The first-order valence-corrected chi connectivity index (χ1v) is 4.03. The van der Waals surface area contributed by atoms with Crippen molar-refractivity contribution in [2.75, 3.05) is 0 Å². The number of rotatable bonds is 2. The average molecular weight is 204 g/mol. The minimum Gasteiger partial charge on any atom is -0.466 e. The Labute approximate surface area is 68.5 Å². The Morgan fingerprint density at radius 1 is 1.80 bits per heavy atom. The van der Waals surface area contributed by atoms with Gasteiger partial charge in [-0.2, -0.15) is 0 Å². The first-order chi connectivity index (χ1) is 4.75. The molecule has 0 amide bonds. The van der Waals surface area contributed by atoms with Crippen LogP contribution in [0, 0.1) is 0 Å². The maximum atomic E-state index is 5.72. The van der Waals surface area contributed by atoms with Gasteiger partial charge in [-0.1, -0.05) is 6.92 Å². The van der Waals surface area contributed by atoms with Gasteiger partial charge in [-0.15, -0.1) is 0 Å². The first kappa shape index (κ1) is 7.82. The summed E-state index contributed by atoms with van der Waals surface area (Å²) < 4.78 is 6.11. The van der Waals surface area contributed by atoms with Crippen LogP contribution in [0.2, 0.25) is 0 Å². The van der Waals surface area contributed by atoms with Crippen molar-refractivity contribution in [1.29, 1.82) is 0 Å². The van der Waals surface area contributed by atoms with Crippen molar-refractivity contribution in [3.63, 3.8) is 0 Å². The van der Waals surface area contributed by atoms with Gasteiger partial charge in [0.05, 0.1) is 16.8 Å². The van der Waals surface area contributed by atoms with Gasteiger partial charge < -0.3 is 10.2 Å². The molecule has 56 valence electrons. The molecule has 0 saturated heterocycles. The van der Waals surface area contributed by atoms with Crippen molar-refractivity contribution in [2.24, 2.45) is 5.73 Å². The topological polar surface area (TPSA) is 39.2 Å². The second-order valence-electron chi connectivity index (χ2n) is 2.15. The highest BCUT2D eigenvalue weighted by atomic mass is 79.9. The number of hydrogen-bond acceptors (Lipinski definition) is 2. The van der Waals surface area contributed by atoms with E-state index in [-0.39, 0.29) is 6.04 Å². The molecule has 10 heavy (non-hydrogen) atoms. The molecule has 0 aromatic carbocycles. The van der Waals surface area contributed by atoms with Gasteiger partial charge in [-0.25, -0.2) is 0 Å². The lowest BCUT2D eigenvalue weighted by Crippen LogP contribution is -2.07. The highest BCUT2D eigenvalue weighted by Gasteiger charge is 2.09. The van der Waals surface area contributed by atoms with E-state index in [1.54, 1.807) is 6.26 Å². The molecule has 3 heteroatoms. The summed E-state index contributed by atoms with van der Waals surface area (Å²) in [6.07, 6.45) is 2.53. The van der Waals surface area contributed by atoms with E-state index >= 15 is 0 Å². The summed E-state index contributed by atoms with van der Waals surface area (Å²) in [5, 5.41) is 0. The third-order valence-corrected chi connectivity index (χ3v) is 2.08. The van der Waals surface area contributed by atoms with Crippen molar-refractivity contribution in [2.45, 2.75) is 19.4 Å². The molecule has 1 unspecified atom stereocenters. The predicted molar refractivity (Wildman–Crippen MR) is 43.6 cm³/mol. The van der Waals surface area contributed by atoms with E-state index in [4.69, 9.17) is 10.2 Å². The Bertz CT molecular complexity index is 209. The molecule has 0 aliphatic heterocycles. The summed E-state index contributed by atoms with van der Waals surface area (Å²) in [6, 6.07) is 1.87. The molecule has 0 spiro atoms. The second kappa shape index (κ2) is 3.21. The normalized spacial score (nSPS) is 13.5. The zero-order valence-electron chi connectivity index (χ0n) is 5.80. The van der Waals surface area contributed by atoms with Crippen LogP contribution in [0.25, 0.3) is 0 Å². The van der Waals surface area contributed by atoms with E-state index in [1.165, 1.54) is 0 Å². The molecule has 1 aromatic heterocycles. The quantitative estimate of drug-likeness (QED) is 0.803. The van der Waals surface area contributed by atoms with Crippen molar-refractivity contribution >= 4 is 15.9 Å². The third kappa shape index (κ3) is 1.41. The van der Waals surface area contributed by atoms with Crippen molar-refractivity contribution in [1.82, 2.24) is 0 Å². The van der Waals surface area contributed by atoms with E-state index in [0.717, 1.165) is 16.7 Å². The first-order valence-electron chi connectivity index (χ1n) is 3.24. The van der Waals surface area contributed by atoms with Crippen molar-refractivity contribution in [3.05, 3.63) is 22.6 Å². The van der Waals surface area contributed by atoms with E-state index in [2.05, 4.69) is 15.9 Å². The van der Waals surface area contributed by atoms with Crippen LogP contribution < -0.4 is 5.73 Å². The van der Waals surface area contributed by atoms with Gasteiger partial charge in [-0.3, -0.25) is 0 Å². The van der Waals surface area contributed by atoms with E-state index < -0.39 is 0 Å². The highest BCUT2D eigenvalue weighted by molar-refractivity contribution is 9.10. The lowest BCUT2D eigenvalue weighted by molar-refractivity contribution is 0.458. The van der Waals surface area contributed by atoms with Gasteiger partial charge >= 0.3 is 0 Å². The third-order valence-electron chi connectivity index (χ3n) is 1.42. The maximum absolute atomic E-state index is 5.72. The molecule has 0 bridgehead atoms. The van der Waals surface area contributed by atoms with Crippen LogP contribution in [0.1, 0.15) is 25.1 Å². The summed E-state index contributed by atoms with van der Waals surface area (Å²) >= 11 is 3.33. The zero-order chi connectivity index (χ0) is 7.56. The molecular formula is C7H10BrNO. The largest absolute Gasteiger partial charge is 0.466 e. The number of nitrogens with two attached hydrogens (primary N) is 1. The summed E-state index contributed by atoms with van der Waals surface area (Å²) in [4.78, 5) is 0. The Morgan fingerprint density at radius 2 is 2.50 bits per heavy atom. The molecule has 1 aromatic rings. The highest BCUT2D eigenvalue weighted by Crippen LogP contribution is 2.24. The van der Waals surface area contributed by atoms with Crippen LogP contribution in [-0.4, -0.2) is 0 Å². The number of halogens is 1. The van der Waals surface area contributed by atoms with Gasteiger partial charge in [0.1, 0.15) is 5.76 Å². The molecule has 2 nitrogen and oxygen atoms in total. The molecule has 1 rings (SSSR count). The molecule has 0 aliphatic carbocycles. The monoisotopic (exact) mass is 203 g/mol. The summed E-state index contributed by atoms with van der Waals surface area (Å²) in [5.41, 5.74) is 5.72. The molecular weight excluding hydrogens is 194 g/mol. The Morgan fingerprint density at radius 3 is 2.90 bits per heavy atom. The van der Waals surface area contributed by atoms with Crippen LogP contribution >= 0.6 is 15.9 Å². The van der Waals surface area contributed by atoms with Gasteiger partial charge in [0.2, 0.25) is 0 Å². The van der Waals surface area contributed by atoms with Crippen LogP contribution in [0.15, 0.2) is 21.2 Å². The molecule has 0 aliphatic rings. The van der Waals surface area contributed by atoms with Crippen molar-refractivity contribution < 1.29 is 4.42 Å². The molecule has 0 radical (unpaired) electrons. The Hall–Kier alpha value is -0.280. The van der Waals surface area contributed by atoms with E-state index in [9.17, 15) is 0 Å². The van der Waals surface area contributed by atoms with Crippen LogP contribution in [-0.2, 0) is 0 Å². The number of furan rings is 1. The molecule has 0 saturated carbocycles. The zero-order valence-corrected chi connectivity index (χ0v) is 7.39. The summed E-state index contributed by atoms with van der Waals surface area (Å²) in [5.74, 6) is 0.836. The maximum Gasteiger partial charge on any atom is 0.134 e. The standard InChI is InChI=1S/C7H10BrNO/c1-2-6(9)7-5(8)3-4-10-7/h3-4,6H,2,9H2,1H3. The summed E-state index contributed by atoms with van der Waals surface area (Å²) in [6.45, 7) is 2.03. The summed E-state index contributed by atoms with van der Waals surface area (Å²) in [7, 11) is 0. The molecule has 1 heterocycles. The molecule has 1 atom stereocenters. The van der Waals surface area contributed by atoms with Crippen LogP contribution in [0.4, 0.5) is 0 Å². The van der Waals surface area contributed by atoms with Gasteiger partial charge in [0.25, 0.3) is 0 Å². The Balaban J connectivity index is 2.82. The minimum absolute atomic E-state index is 0.0179. The Kier molecular flexibility index (Phi) is 2.51. The lowest BCUT2D eigenvalue weighted by atomic mass is 10.2. The number of hydrogen-bond donors (Lipinski definition) is 1. The predicted octanol–water partition coefficient (Wildman–Crippen LogP) is 2.45. The van der Waals surface area contributed by atoms with E-state index in [0.29, 0.717) is 0 Å². The van der Waals surface area contributed by atoms with Gasteiger partial charge in [-0.05, 0) is 28.4 Å². The molecule has 0 fully saturated rings. The smallest absolute Gasteiger partial charge is 0.134 e. The fraction of sp³-hybridized carbons (Fsp3) is 0.429. The average Bonchev–Trinajstić information content (AvgIpc) is 2.34. The van der Waals surface area contributed by atoms with E-state index in [1.807, 2.05) is 13.0 Å². The van der Waals surface area contributed by atoms with Crippen LogP contribution in [0.5, 0.6) is 0 Å². The lowest BCUT2D eigenvalue weighted by Gasteiger charge is -2.03. The fourth-order valence-corrected chi connectivity index (χ4v) is 1.25. The van der Waals surface area contributed by atoms with Gasteiger partial charge in [0.15, 0.2) is 0 Å². The second-order valence-corrected chi connectivity index (χ2v) is 3.00. The fourth-order valence-electron chi connectivity index (χ4n) is 0.755. The molecule has 2 N–H and O–H groups in total. The SMILES string of the molecule is CCC(N)c1occc1Br.